The average molecular weight is 138 g/mol. The molecule has 54 valence electrons. The van der Waals surface area contributed by atoms with Crippen LogP contribution in [0.5, 0.6) is 0 Å². The summed E-state index contributed by atoms with van der Waals surface area (Å²) >= 11 is 0. The molecule has 0 N–H and O–H groups in total. The van der Waals surface area contributed by atoms with Gasteiger partial charge in [0.15, 0.2) is 5.60 Å². The smallest absolute Gasteiger partial charge is 0.278 e. The van der Waals surface area contributed by atoms with Crippen molar-refractivity contribution in [2.24, 2.45) is 0 Å². The summed E-state index contributed by atoms with van der Waals surface area (Å²) < 4.78 is 10.2. The average Bonchev–Trinajstić information content (AvgIpc) is 2.09. The minimum Gasteiger partial charge on any atom is -0.447 e. The van der Waals surface area contributed by atoms with Crippen LogP contribution in [0.1, 0.15) is 6.92 Å². The lowest BCUT2D eigenvalue weighted by Crippen LogP contribution is -2.20. The molecule has 1 saturated heterocycles. The Morgan fingerprint density at radius 1 is 1.50 bits per heavy atom. The van der Waals surface area contributed by atoms with Crippen molar-refractivity contribution >= 4 is 0 Å². The molecule has 0 aromatic rings. The maximum Gasteiger partial charge on any atom is 0.278 e. The summed E-state index contributed by atoms with van der Waals surface area (Å²) in [7, 11) is 0. The second-order valence-corrected chi connectivity index (χ2v) is 2.31. The maximum absolute atomic E-state index is 5.18. The molecular formula is C8H10O2. The standard InChI is InChI=1S/C8H10O2/c1-5-8(4)6(2)9-7(3)10-8/h5H,1-3H2,4H3. The minimum atomic E-state index is -0.586. The Morgan fingerprint density at radius 3 is 2.30 bits per heavy atom. The third-order valence-corrected chi connectivity index (χ3v) is 1.51. The molecule has 0 radical (unpaired) electrons. The molecule has 1 aliphatic rings. The lowest BCUT2D eigenvalue weighted by Gasteiger charge is -2.14. The van der Waals surface area contributed by atoms with Crippen LogP contribution >= 0.6 is 0 Å². The van der Waals surface area contributed by atoms with E-state index in [1.165, 1.54) is 0 Å². The van der Waals surface area contributed by atoms with E-state index in [4.69, 9.17) is 9.47 Å². The summed E-state index contributed by atoms with van der Waals surface area (Å²) in [6, 6.07) is 0. The molecule has 2 nitrogen and oxygen atoms in total. The van der Waals surface area contributed by atoms with Gasteiger partial charge in [-0.1, -0.05) is 13.2 Å². The molecule has 0 spiro atoms. The highest BCUT2D eigenvalue weighted by Crippen LogP contribution is 2.33. The van der Waals surface area contributed by atoms with Crippen molar-refractivity contribution in [2.45, 2.75) is 12.5 Å². The van der Waals surface area contributed by atoms with Crippen molar-refractivity contribution in [3.8, 4) is 0 Å². The molecule has 1 aliphatic heterocycles. The van der Waals surface area contributed by atoms with Gasteiger partial charge in [-0.25, -0.2) is 0 Å². The SMILES string of the molecule is C=CC1(C)OC(=C)OC1=C. The number of ether oxygens (including phenoxy) is 2. The molecule has 0 bridgehead atoms. The van der Waals surface area contributed by atoms with Crippen LogP contribution in [-0.2, 0) is 9.47 Å². The molecule has 1 rings (SSSR count). The molecule has 1 unspecified atom stereocenters. The van der Waals surface area contributed by atoms with Gasteiger partial charge < -0.3 is 9.47 Å². The van der Waals surface area contributed by atoms with E-state index in [0.717, 1.165) is 0 Å². The first-order valence-corrected chi connectivity index (χ1v) is 2.97. The van der Waals surface area contributed by atoms with E-state index < -0.39 is 5.60 Å². The molecule has 0 amide bonds. The Balaban J connectivity index is 2.90. The van der Waals surface area contributed by atoms with Crippen LogP contribution in [0.4, 0.5) is 0 Å². The van der Waals surface area contributed by atoms with E-state index in [1.807, 2.05) is 6.92 Å². The van der Waals surface area contributed by atoms with Gasteiger partial charge in [0, 0.05) is 0 Å². The van der Waals surface area contributed by atoms with Gasteiger partial charge >= 0.3 is 0 Å². The first-order valence-electron chi connectivity index (χ1n) is 2.97. The van der Waals surface area contributed by atoms with Crippen LogP contribution < -0.4 is 0 Å². The molecule has 2 heteroatoms. The van der Waals surface area contributed by atoms with E-state index in [1.54, 1.807) is 6.08 Å². The van der Waals surface area contributed by atoms with Gasteiger partial charge in [0.05, 0.1) is 0 Å². The van der Waals surface area contributed by atoms with E-state index in [9.17, 15) is 0 Å². The lowest BCUT2D eigenvalue weighted by molar-refractivity contribution is 0.109. The second-order valence-electron chi connectivity index (χ2n) is 2.31. The van der Waals surface area contributed by atoms with Gasteiger partial charge in [-0.05, 0) is 19.6 Å². The summed E-state index contributed by atoms with van der Waals surface area (Å²) in [5, 5.41) is 0. The molecule has 10 heavy (non-hydrogen) atoms. The fourth-order valence-electron chi connectivity index (χ4n) is 0.708. The quantitative estimate of drug-likeness (QED) is 0.516. The normalized spacial score (nSPS) is 31.3. The van der Waals surface area contributed by atoms with Crippen LogP contribution in [0, 0.1) is 0 Å². The first kappa shape index (κ1) is 6.93. The monoisotopic (exact) mass is 138 g/mol. The Labute approximate surface area is 60.4 Å². The van der Waals surface area contributed by atoms with Gasteiger partial charge in [0.2, 0.25) is 0 Å². The van der Waals surface area contributed by atoms with Crippen LogP contribution in [-0.4, -0.2) is 5.60 Å². The fourth-order valence-corrected chi connectivity index (χ4v) is 0.708. The molecule has 0 saturated carbocycles. The highest BCUT2D eigenvalue weighted by Gasteiger charge is 2.35. The van der Waals surface area contributed by atoms with Crippen molar-refractivity contribution in [1.29, 1.82) is 0 Å². The van der Waals surface area contributed by atoms with Crippen molar-refractivity contribution in [2.75, 3.05) is 0 Å². The molecule has 0 aliphatic carbocycles. The Bertz CT molecular complexity index is 205. The summed E-state index contributed by atoms with van der Waals surface area (Å²) in [6.07, 6.45) is 1.63. The zero-order valence-electron chi connectivity index (χ0n) is 6.02. The maximum atomic E-state index is 5.18. The van der Waals surface area contributed by atoms with Gasteiger partial charge in [-0.2, -0.15) is 0 Å². The van der Waals surface area contributed by atoms with Crippen LogP contribution in [0.25, 0.3) is 0 Å². The highest BCUT2D eigenvalue weighted by atomic mass is 16.7. The van der Waals surface area contributed by atoms with Crippen LogP contribution in [0.2, 0.25) is 0 Å². The third-order valence-electron chi connectivity index (χ3n) is 1.51. The topological polar surface area (TPSA) is 18.5 Å². The fraction of sp³-hybridized carbons (Fsp3) is 0.250. The highest BCUT2D eigenvalue weighted by molar-refractivity contribution is 5.20. The van der Waals surface area contributed by atoms with E-state index in [-0.39, 0.29) is 5.95 Å². The summed E-state index contributed by atoms with van der Waals surface area (Å²) in [5.41, 5.74) is -0.586. The van der Waals surface area contributed by atoms with Crippen molar-refractivity contribution in [3.63, 3.8) is 0 Å². The Kier molecular flexibility index (Phi) is 1.32. The summed E-state index contributed by atoms with van der Waals surface area (Å²) in [6.45, 7) is 12.6. The number of rotatable bonds is 1. The van der Waals surface area contributed by atoms with Crippen LogP contribution in [0.15, 0.2) is 37.5 Å². The predicted octanol–water partition coefficient (Wildman–Crippen LogP) is 1.96. The molecule has 0 aromatic carbocycles. The van der Waals surface area contributed by atoms with Gasteiger partial charge in [-0.3, -0.25) is 0 Å². The van der Waals surface area contributed by atoms with Gasteiger partial charge in [0.25, 0.3) is 5.95 Å². The molecule has 1 fully saturated rings. The lowest BCUT2D eigenvalue weighted by atomic mass is 10.1. The number of hydrogen-bond acceptors (Lipinski definition) is 2. The zero-order valence-corrected chi connectivity index (χ0v) is 6.02. The van der Waals surface area contributed by atoms with Gasteiger partial charge in [0.1, 0.15) is 5.76 Å². The minimum absolute atomic E-state index is 0.285. The zero-order chi connectivity index (χ0) is 7.78. The summed E-state index contributed by atoms with van der Waals surface area (Å²) in [4.78, 5) is 0. The Morgan fingerprint density at radius 2 is 2.10 bits per heavy atom. The predicted molar refractivity (Wildman–Crippen MR) is 39.1 cm³/mol. The van der Waals surface area contributed by atoms with E-state index in [2.05, 4.69) is 19.7 Å². The Hall–Kier alpha value is -1.18. The van der Waals surface area contributed by atoms with E-state index in [0.29, 0.717) is 5.76 Å². The third kappa shape index (κ3) is 0.817. The molecule has 1 heterocycles. The second kappa shape index (κ2) is 1.90. The molecule has 1 atom stereocenters. The first-order chi connectivity index (χ1) is 4.58. The van der Waals surface area contributed by atoms with Crippen molar-refractivity contribution < 1.29 is 9.47 Å². The van der Waals surface area contributed by atoms with Crippen molar-refractivity contribution in [1.82, 2.24) is 0 Å². The molecular weight excluding hydrogens is 128 g/mol. The van der Waals surface area contributed by atoms with Gasteiger partial charge in [-0.15, -0.1) is 0 Å². The van der Waals surface area contributed by atoms with Crippen LogP contribution in [0.3, 0.4) is 0 Å². The number of hydrogen-bond donors (Lipinski definition) is 0. The van der Waals surface area contributed by atoms with Crippen molar-refractivity contribution in [3.05, 3.63) is 37.5 Å². The summed E-state index contributed by atoms with van der Waals surface area (Å²) in [5.74, 6) is 0.819. The van der Waals surface area contributed by atoms with E-state index >= 15 is 0 Å². The largest absolute Gasteiger partial charge is 0.447 e. The molecule has 0 aromatic heterocycles.